The van der Waals surface area contributed by atoms with E-state index in [0.29, 0.717) is 0 Å². The Hall–Kier alpha value is -1.67. The Bertz CT molecular complexity index is 312. The van der Waals surface area contributed by atoms with E-state index in [1.807, 2.05) is 0 Å². The fourth-order valence-corrected chi connectivity index (χ4v) is 1.06. The quantitative estimate of drug-likeness (QED) is 0.424. The van der Waals surface area contributed by atoms with E-state index in [4.69, 9.17) is 0 Å². The summed E-state index contributed by atoms with van der Waals surface area (Å²) in [6.07, 6.45) is -3.19. The summed E-state index contributed by atoms with van der Waals surface area (Å²) in [5, 5.41) is 19.3. The molecule has 0 aromatic carbocycles. The maximum absolute atomic E-state index is 11.3. The van der Waals surface area contributed by atoms with Gasteiger partial charge in [0.2, 0.25) is 5.60 Å². The van der Waals surface area contributed by atoms with E-state index in [1.54, 1.807) is 0 Å². The number of ether oxygens (including phenoxy) is 3. The van der Waals surface area contributed by atoms with Crippen molar-refractivity contribution in [1.29, 1.82) is 0 Å². The molecule has 8 nitrogen and oxygen atoms in total. The highest BCUT2D eigenvalue weighted by Crippen LogP contribution is 2.19. The van der Waals surface area contributed by atoms with E-state index in [1.165, 1.54) is 0 Å². The summed E-state index contributed by atoms with van der Waals surface area (Å²) < 4.78 is 12.6. The summed E-state index contributed by atoms with van der Waals surface area (Å²) in [6, 6.07) is 0. The molecular weight excluding hydrogens is 236 g/mol. The molecule has 0 unspecified atom stereocenters. The van der Waals surface area contributed by atoms with Gasteiger partial charge in [-0.1, -0.05) is 0 Å². The van der Waals surface area contributed by atoms with Gasteiger partial charge in [-0.2, -0.15) is 0 Å². The lowest BCUT2D eigenvalue weighted by molar-refractivity contribution is -0.191. The standard InChI is InChI=1S/C9H14O8/c1-15-5(10)4-9(14,8(13)17-3)6(11)7(12)16-2/h6,11,14H,4H2,1-3H3/t6-,9-/m0/s1. The Kier molecular flexibility index (Phi) is 5.56. The van der Waals surface area contributed by atoms with E-state index in [9.17, 15) is 24.6 Å². The van der Waals surface area contributed by atoms with Crippen LogP contribution in [-0.2, 0) is 28.6 Å². The predicted molar refractivity (Wildman–Crippen MR) is 51.6 cm³/mol. The smallest absolute Gasteiger partial charge is 0.341 e. The summed E-state index contributed by atoms with van der Waals surface area (Å²) in [7, 11) is 2.89. The van der Waals surface area contributed by atoms with Gasteiger partial charge in [-0.05, 0) is 0 Å². The second kappa shape index (κ2) is 6.16. The number of hydrogen-bond acceptors (Lipinski definition) is 8. The summed E-state index contributed by atoms with van der Waals surface area (Å²) >= 11 is 0. The minimum atomic E-state index is -2.74. The Morgan fingerprint density at radius 3 is 2.00 bits per heavy atom. The van der Waals surface area contributed by atoms with Crippen molar-refractivity contribution in [1.82, 2.24) is 0 Å². The molecule has 0 aromatic rings. The zero-order chi connectivity index (χ0) is 13.6. The van der Waals surface area contributed by atoms with E-state index in [0.717, 1.165) is 21.3 Å². The second-order valence-electron chi connectivity index (χ2n) is 3.09. The maximum atomic E-state index is 11.3. The Morgan fingerprint density at radius 1 is 1.12 bits per heavy atom. The van der Waals surface area contributed by atoms with Crippen molar-refractivity contribution >= 4 is 17.9 Å². The molecule has 98 valence electrons. The molecule has 0 amide bonds. The number of carbonyl (C=O) groups excluding carboxylic acids is 3. The SMILES string of the molecule is COC(=O)C[C@@](O)(C(=O)OC)[C@@H](O)C(=O)OC. The monoisotopic (exact) mass is 250 g/mol. The van der Waals surface area contributed by atoms with Crippen LogP contribution < -0.4 is 0 Å². The first kappa shape index (κ1) is 15.3. The third-order valence-corrected chi connectivity index (χ3v) is 2.06. The maximum Gasteiger partial charge on any atom is 0.341 e. The number of esters is 3. The Labute approximate surface area is 97.1 Å². The predicted octanol–water partition coefficient (Wildman–Crippen LogP) is -2.01. The number of carbonyl (C=O) groups is 3. The largest absolute Gasteiger partial charge is 0.469 e. The van der Waals surface area contributed by atoms with E-state index in [-0.39, 0.29) is 0 Å². The van der Waals surface area contributed by atoms with Crippen LogP contribution in [0.3, 0.4) is 0 Å². The number of methoxy groups -OCH3 is 3. The van der Waals surface area contributed by atoms with Gasteiger partial charge < -0.3 is 24.4 Å². The second-order valence-corrected chi connectivity index (χ2v) is 3.09. The van der Waals surface area contributed by atoms with Crippen molar-refractivity contribution in [2.24, 2.45) is 0 Å². The van der Waals surface area contributed by atoms with Gasteiger partial charge in [0.25, 0.3) is 0 Å². The lowest BCUT2D eigenvalue weighted by Gasteiger charge is -2.27. The molecule has 0 spiro atoms. The molecule has 0 saturated heterocycles. The van der Waals surface area contributed by atoms with Gasteiger partial charge >= 0.3 is 17.9 Å². The van der Waals surface area contributed by atoms with Crippen LogP contribution >= 0.6 is 0 Å². The summed E-state index contributed by atoms with van der Waals surface area (Å²) in [6.45, 7) is 0. The molecule has 17 heavy (non-hydrogen) atoms. The lowest BCUT2D eigenvalue weighted by Crippen LogP contribution is -2.55. The highest BCUT2D eigenvalue weighted by molar-refractivity contribution is 5.92. The van der Waals surface area contributed by atoms with Crippen LogP contribution in [0, 0.1) is 0 Å². The molecule has 0 aliphatic heterocycles. The van der Waals surface area contributed by atoms with Crippen molar-refractivity contribution in [3.63, 3.8) is 0 Å². The van der Waals surface area contributed by atoms with Gasteiger partial charge in [-0.3, -0.25) is 4.79 Å². The van der Waals surface area contributed by atoms with Crippen LogP contribution in [0.25, 0.3) is 0 Å². The van der Waals surface area contributed by atoms with Crippen molar-refractivity contribution in [2.45, 2.75) is 18.1 Å². The van der Waals surface area contributed by atoms with Gasteiger partial charge in [-0.15, -0.1) is 0 Å². The molecule has 0 aromatic heterocycles. The molecular formula is C9H14O8. The molecule has 0 fully saturated rings. The molecule has 2 atom stereocenters. The molecule has 0 aliphatic rings. The average molecular weight is 250 g/mol. The number of aliphatic hydroxyl groups excluding tert-OH is 1. The van der Waals surface area contributed by atoms with Crippen LogP contribution in [-0.4, -0.2) is 61.2 Å². The van der Waals surface area contributed by atoms with E-state index >= 15 is 0 Å². The zero-order valence-electron chi connectivity index (χ0n) is 9.63. The first-order valence-corrected chi connectivity index (χ1v) is 4.47. The summed E-state index contributed by atoms with van der Waals surface area (Å²) in [4.78, 5) is 33.4. The van der Waals surface area contributed by atoms with Crippen molar-refractivity contribution < 1.29 is 38.8 Å². The van der Waals surface area contributed by atoms with Gasteiger partial charge in [0.05, 0.1) is 27.8 Å². The molecule has 0 radical (unpaired) electrons. The molecule has 0 heterocycles. The van der Waals surface area contributed by atoms with Crippen LogP contribution in [0.4, 0.5) is 0 Å². The zero-order valence-corrected chi connectivity index (χ0v) is 9.63. The van der Waals surface area contributed by atoms with Crippen molar-refractivity contribution in [3.8, 4) is 0 Å². The van der Waals surface area contributed by atoms with E-state index in [2.05, 4.69) is 14.2 Å². The van der Waals surface area contributed by atoms with E-state index < -0.39 is 36.0 Å². The Balaban J connectivity index is 5.16. The molecule has 0 rings (SSSR count). The highest BCUT2D eigenvalue weighted by Gasteiger charge is 2.51. The third kappa shape index (κ3) is 3.40. The Morgan fingerprint density at radius 2 is 1.65 bits per heavy atom. The van der Waals surface area contributed by atoms with Crippen LogP contribution in [0.1, 0.15) is 6.42 Å². The van der Waals surface area contributed by atoms with Crippen LogP contribution in [0.15, 0.2) is 0 Å². The molecule has 2 N–H and O–H groups in total. The number of rotatable bonds is 5. The minimum absolute atomic E-state index is 0.925. The fraction of sp³-hybridized carbons (Fsp3) is 0.667. The minimum Gasteiger partial charge on any atom is -0.469 e. The fourth-order valence-electron chi connectivity index (χ4n) is 1.06. The van der Waals surface area contributed by atoms with Crippen LogP contribution in [0.2, 0.25) is 0 Å². The summed E-state index contributed by atoms with van der Waals surface area (Å²) in [5.74, 6) is -3.62. The van der Waals surface area contributed by atoms with Crippen molar-refractivity contribution in [2.75, 3.05) is 21.3 Å². The van der Waals surface area contributed by atoms with Crippen molar-refractivity contribution in [3.05, 3.63) is 0 Å². The number of aliphatic hydroxyl groups is 2. The first-order chi connectivity index (χ1) is 7.83. The third-order valence-electron chi connectivity index (χ3n) is 2.06. The van der Waals surface area contributed by atoms with Gasteiger partial charge in [0.15, 0.2) is 6.10 Å². The van der Waals surface area contributed by atoms with Gasteiger partial charge in [-0.25, -0.2) is 9.59 Å². The van der Waals surface area contributed by atoms with Gasteiger partial charge in [0, 0.05) is 0 Å². The summed E-state index contributed by atoms with van der Waals surface area (Å²) in [5.41, 5.74) is -2.74. The first-order valence-electron chi connectivity index (χ1n) is 4.47. The molecule has 8 heteroatoms. The molecule has 0 bridgehead atoms. The topological polar surface area (TPSA) is 119 Å². The number of hydrogen-bond donors (Lipinski definition) is 2. The average Bonchev–Trinajstić information content (AvgIpc) is 2.35. The lowest BCUT2D eigenvalue weighted by atomic mass is 9.92. The molecule has 0 aliphatic carbocycles. The van der Waals surface area contributed by atoms with Crippen LogP contribution in [0.5, 0.6) is 0 Å². The normalized spacial score (nSPS) is 15.4. The molecule has 0 saturated carbocycles. The highest BCUT2D eigenvalue weighted by atomic mass is 16.6. The van der Waals surface area contributed by atoms with Gasteiger partial charge in [0.1, 0.15) is 0 Å².